The summed E-state index contributed by atoms with van der Waals surface area (Å²) in [6.07, 6.45) is -1.83. The van der Waals surface area contributed by atoms with E-state index in [2.05, 4.69) is 5.32 Å². The van der Waals surface area contributed by atoms with E-state index in [0.717, 1.165) is 28.6 Å². The van der Waals surface area contributed by atoms with Crippen molar-refractivity contribution in [1.29, 1.82) is 0 Å². The number of nitrogens with one attached hydrogen (secondary N) is 1. The molecule has 0 radical (unpaired) electrons. The van der Waals surface area contributed by atoms with Gasteiger partial charge >= 0.3 is 0 Å². The van der Waals surface area contributed by atoms with Gasteiger partial charge in [-0.05, 0) is 31.2 Å². The van der Waals surface area contributed by atoms with Crippen molar-refractivity contribution in [2.75, 3.05) is 19.0 Å². The molecule has 0 saturated carbocycles. The van der Waals surface area contributed by atoms with Crippen molar-refractivity contribution in [2.24, 2.45) is 7.05 Å². The lowest BCUT2D eigenvalue weighted by molar-refractivity contribution is 0.101. The van der Waals surface area contributed by atoms with E-state index >= 15 is 0 Å². The van der Waals surface area contributed by atoms with Gasteiger partial charge in [0, 0.05) is 32.0 Å². The first-order chi connectivity index (χ1) is 13.0. The summed E-state index contributed by atoms with van der Waals surface area (Å²) in [6.45, 7) is 1.14. The van der Waals surface area contributed by atoms with Crippen LogP contribution in [-0.4, -0.2) is 48.0 Å². The maximum Gasteiger partial charge on any atom is 0.272 e. The first kappa shape index (κ1) is 21.9. The van der Waals surface area contributed by atoms with Crippen LogP contribution in [0.2, 0.25) is 0 Å². The van der Waals surface area contributed by atoms with E-state index in [1.54, 1.807) is 0 Å². The zero-order valence-electron chi connectivity index (χ0n) is 15.4. The summed E-state index contributed by atoms with van der Waals surface area (Å²) in [4.78, 5) is 12.3. The number of likely N-dealkylation sites (N-methyl/N-ethyl adjacent to an activating group) is 1. The maximum absolute atomic E-state index is 13.4. The molecule has 0 aliphatic rings. The molecule has 0 fully saturated rings. The van der Waals surface area contributed by atoms with E-state index in [1.165, 1.54) is 31.8 Å². The smallest absolute Gasteiger partial charge is 0.272 e. The third-order valence-corrected chi connectivity index (χ3v) is 6.20. The number of carbonyl (C=O) groups is 1. The number of hydrogen-bond donors (Lipinski definition) is 2. The van der Waals surface area contributed by atoms with Gasteiger partial charge in [-0.2, -0.15) is 4.31 Å². The average Bonchev–Trinajstić information content (AvgIpc) is 3.04. The molecule has 0 aliphatic heterocycles. The van der Waals surface area contributed by atoms with Crippen molar-refractivity contribution in [2.45, 2.75) is 24.3 Å². The van der Waals surface area contributed by atoms with E-state index in [9.17, 15) is 26.4 Å². The van der Waals surface area contributed by atoms with Crippen LogP contribution in [0.3, 0.4) is 0 Å². The molecule has 28 heavy (non-hydrogen) atoms. The minimum Gasteiger partial charge on any atom is -0.395 e. The van der Waals surface area contributed by atoms with Gasteiger partial charge < -0.3 is 15.0 Å². The number of halogens is 3. The molecule has 1 heterocycles. The number of nitrogens with zero attached hydrogens (tertiary/aromatic N) is 2. The molecule has 1 atom stereocenters. The number of aliphatic hydroxyl groups excluding tert-OH is 1. The molecule has 0 spiro atoms. The molecular weight excluding hydrogens is 399 g/mol. The molecule has 11 heteroatoms. The summed E-state index contributed by atoms with van der Waals surface area (Å²) in [7, 11) is -1.22. The van der Waals surface area contributed by atoms with Crippen molar-refractivity contribution in [3.05, 3.63) is 47.5 Å². The lowest BCUT2D eigenvalue weighted by Gasteiger charge is -2.21. The highest BCUT2D eigenvalue weighted by Crippen LogP contribution is 2.26. The van der Waals surface area contributed by atoms with Crippen molar-refractivity contribution < 1.29 is 31.5 Å². The van der Waals surface area contributed by atoms with E-state index in [0.29, 0.717) is 0 Å². The number of alkyl halides is 2. The molecule has 1 aromatic carbocycles. The fourth-order valence-electron chi connectivity index (χ4n) is 2.40. The van der Waals surface area contributed by atoms with Crippen molar-refractivity contribution >= 4 is 21.6 Å². The van der Waals surface area contributed by atoms with E-state index < -0.39 is 39.8 Å². The van der Waals surface area contributed by atoms with Crippen molar-refractivity contribution in [3.63, 3.8) is 0 Å². The fraction of sp³-hybridized carbons (Fsp3) is 0.353. The van der Waals surface area contributed by atoms with Crippen LogP contribution in [0.25, 0.3) is 0 Å². The van der Waals surface area contributed by atoms with Crippen LogP contribution in [0.5, 0.6) is 0 Å². The fourth-order valence-corrected chi connectivity index (χ4v) is 3.83. The minimum atomic E-state index is -3.96. The van der Waals surface area contributed by atoms with Gasteiger partial charge in [-0.3, -0.25) is 4.79 Å². The van der Waals surface area contributed by atoms with Crippen molar-refractivity contribution in [3.8, 4) is 0 Å². The second kappa shape index (κ2) is 8.33. The zero-order chi connectivity index (χ0) is 21.2. The van der Waals surface area contributed by atoms with E-state index in [-0.39, 0.29) is 22.9 Å². The molecule has 2 aromatic rings. The molecular formula is C17H20F3N3O4S. The van der Waals surface area contributed by atoms with Gasteiger partial charge in [0.1, 0.15) is 16.4 Å². The van der Waals surface area contributed by atoms with Crippen LogP contribution < -0.4 is 5.32 Å². The topological polar surface area (TPSA) is 91.6 Å². The first-order valence-corrected chi connectivity index (χ1v) is 9.57. The van der Waals surface area contributed by atoms with Crippen LogP contribution in [0.4, 0.5) is 18.9 Å². The Morgan fingerprint density at radius 1 is 1.32 bits per heavy atom. The summed E-state index contributed by atoms with van der Waals surface area (Å²) in [5.74, 6) is -1.85. The molecule has 0 bridgehead atoms. The zero-order valence-corrected chi connectivity index (χ0v) is 16.2. The number of aromatic nitrogens is 1. The van der Waals surface area contributed by atoms with Gasteiger partial charge in [0.25, 0.3) is 12.3 Å². The maximum atomic E-state index is 13.4. The number of rotatable bonds is 7. The lowest BCUT2D eigenvalue weighted by Crippen LogP contribution is -2.37. The number of aliphatic hydroxyl groups is 1. The second-order valence-electron chi connectivity index (χ2n) is 6.22. The highest BCUT2D eigenvalue weighted by molar-refractivity contribution is 7.89. The first-order valence-electron chi connectivity index (χ1n) is 8.13. The Morgan fingerprint density at radius 3 is 2.54 bits per heavy atom. The van der Waals surface area contributed by atoms with Gasteiger partial charge in [0.15, 0.2) is 0 Å². The number of benzene rings is 1. The molecule has 0 unspecified atom stereocenters. The summed E-state index contributed by atoms with van der Waals surface area (Å²) in [6, 6.07) is 3.20. The van der Waals surface area contributed by atoms with Crippen LogP contribution in [0.15, 0.2) is 35.4 Å². The summed E-state index contributed by atoms with van der Waals surface area (Å²) in [5, 5.41) is 11.5. The van der Waals surface area contributed by atoms with Gasteiger partial charge in [0.05, 0.1) is 12.2 Å². The third-order valence-electron chi connectivity index (χ3n) is 4.26. The van der Waals surface area contributed by atoms with Crippen LogP contribution in [0.1, 0.15) is 29.4 Å². The lowest BCUT2D eigenvalue weighted by atomic mass is 10.2. The molecule has 1 amide bonds. The quantitative estimate of drug-likeness (QED) is 0.721. The van der Waals surface area contributed by atoms with Crippen LogP contribution >= 0.6 is 0 Å². The number of anilines is 1. The van der Waals surface area contributed by atoms with Crippen LogP contribution in [0, 0.1) is 5.82 Å². The highest BCUT2D eigenvalue weighted by Gasteiger charge is 2.28. The number of carbonyl (C=O) groups excluding carboxylic acids is 1. The predicted molar refractivity (Wildman–Crippen MR) is 96.2 cm³/mol. The van der Waals surface area contributed by atoms with Gasteiger partial charge in [-0.25, -0.2) is 21.6 Å². The number of hydrogen-bond acceptors (Lipinski definition) is 4. The molecule has 2 rings (SSSR count). The Morgan fingerprint density at radius 2 is 1.96 bits per heavy atom. The Bertz CT molecular complexity index is 976. The number of amides is 1. The largest absolute Gasteiger partial charge is 0.395 e. The van der Waals surface area contributed by atoms with Gasteiger partial charge in [0.2, 0.25) is 10.0 Å². The van der Waals surface area contributed by atoms with E-state index in [4.69, 9.17) is 5.11 Å². The normalized spacial score (nSPS) is 13.2. The Hall–Kier alpha value is -2.37. The number of sulfonamides is 1. The number of aryl methyl sites for hydroxylation is 1. The van der Waals surface area contributed by atoms with Gasteiger partial charge in [-0.15, -0.1) is 0 Å². The molecule has 7 nitrogen and oxygen atoms in total. The summed E-state index contributed by atoms with van der Waals surface area (Å²) in [5.41, 5.74) is -0.961. The molecule has 0 saturated heterocycles. The third kappa shape index (κ3) is 4.37. The monoisotopic (exact) mass is 419 g/mol. The summed E-state index contributed by atoms with van der Waals surface area (Å²) < 4.78 is 66.3. The molecule has 0 aliphatic carbocycles. The molecule has 1 aromatic heterocycles. The molecule has 2 N–H and O–H groups in total. The SMILES string of the molecule is C[C@H](CO)N(C)S(=O)(=O)c1cc(C(=O)Nc2ccc(F)c(C(F)F)c2)n(C)c1. The predicted octanol–water partition coefficient (Wildman–Crippen LogP) is 2.36. The molecule has 154 valence electrons. The van der Waals surface area contributed by atoms with Crippen molar-refractivity contribution in [1.82, 2.24) is 8.87 Å². The highest BCUT2D eigenvalue weighted by atomic mass is 32.2. The average molecular weight is 419 g/mol. The standard InChI is InChI=1S/C17H20F3N3O4S/c1-10(9-24)23(3)28(26,27)12-7-15(22(2)8-12)17(25)21-11-4-5-14(18)13(6-11)16(19)20/h4-8,10,16,24H,9H2,1-3H3,(H,21,25)/t10-/m1/s1. The van der Waals surface area contributed by atoms with E-state index in [1.807, 2.05) is 0 Å². The Balaban J connectivity index is 2.30. The Kier molecular flexibility index (Phi) is 6.52. The Labute approximate surface area is 160 Å². The van der Waals surface area contributed by atoms with Gasteiger partial charge in [-0.1, -0.05) is 0 Å². The van der Waals surface area contributed by atoms with Crippen LogP contribution in [-0.2, 0) is 17.1 Å². The second-order valence-corrected chi connectivity index (χ2v) is 8.21. The minimum absolute atomic E-state index is 0.0495. The summed E-state index contributed by atoms with van der Waals surface area (Å²) >= 11 is 0.